The van der Waals surface area contributed by atoms with Gasteiger partial charge in [-0.3, -0.25) is 0 Å². The molecule has 0 unspecified atom stereocenters. The van der Waals surface area contributed by atoms with Crippen LogP contribution in [0.2, 0.25) is 0 Å². The summed E-state index contributed by atoms with van der Waals surface area (Å²) in [5.41, 5.74) is 0.170. The van der Waals surface area contributed by atoms with Gasteiger partial charge in [0.05, 0.1) is 0 Å². The van der Waals surface area contributed by atoms with E-state index in [1.54, 1.807) is 0 Å². The molecule has 0 rings (SSSR count). The summed E-state index contributed by atoms with van der Waals surface area (Å²) in [5, 5.41) is 12.0. The van der Waals surface area contributed by atoms with Gasteiger partial charge in [0, 0.05) is 26.1 Å². The van der Waals surface area contributed by atoms with Gasteiger partial charge in [-0.05, 0) is 11.8 Å². The second-order valence-electron chi connectivity index (χ2n) is 3.77. The van der Waals surface area contributed by atoms with E-state index in [1.165, 1.54) is 0 Å². The van der Waals surface area contributed by atoms with Crippen molar-refractivity contribution in [1.82, 2.24) is 5.32 Å². The average molecular weight is 169 g/mol. The van der Waals surface area contributed by atoms with E-state index in [9.17, 15) is 0 Å². The van der Waals surface area contributed by atoms with Crippen molar-refractivity contribution >= 4 is 0 Å². The highest BCUT2D eigenvalue weighted by atomic mass is 16.3. The number of terminal acetylenes is 1. The Balaban J connectivity index is 3.41. The smallest absolute Gasteiger partial charge is 0.0436 e. The zero-order chi connectivity index (χ0) is 9.45. The number of aliphatic hydroxyl groups excluding tert-OH is 1. The summed E-state index contributed by atoms with van der Waals surface area (Å²) < 4.78 is 0. The SMILES string of the molecule is C#CCCNCC(C)(C)CCO. The van der Waals surface area contributed by atoms with E-state index >= 15 is 0 Å². The first kappa shape index (κ1) is 11.5. The molecule has 0 atom stereocenters. The highest BCUT2D eigenvalue weighted by Crippen LogP contribution is 2.17. The fraction of sp³-hybridized carbons (Fsp3) is 0.800. The number of nitrogens with one attached hydrogen (secondary N) is 1. The molecule has 0 aromatic rings. The van der Waals surface area contributed by atoms with Crippen LogP contribution in [0.15, 0.2) is 0 Å². The maximum atomic E-state index is 8.74. The van der Waals surface area contributed by atoms with Crippen LogP contribution in [-0.4, -0.2) is 24.8 Å². The number of hydrogen-bond acceptors (Lipinski definition) is 2. The summed E-state index contributed by atoms with van der Waals surface area (Å²) in [6.07, 6.45) is 6.71. The van der Waals surface area contributed by atoms with Gasteiger partial charge in [-0.15, -0.1) is 12.3 Å². The lowest BCUT2D eigenvalue weighted by atomic mass is 9.90. The van der Waals surface area contributed by atoms with Crippen LogP contribution in [0.5, 0.6) is 0 Å². The Morgan fingerprint density at radius 3 is 2.67 bits per heavy atom. The van der Waals surface area contributed by atoms with Gasteiger partial charge in [0.25, 0.3) is 0 Å². The van der Waals surface area contributed by atoms with Crippen LogP contribution in [0.3, 0.4) is 0 Å². The molecule has 0 aromatic heterocycles. The largest absolute Gasteiger partial charge is 0.396 e. The van der Waals surface area contributed by atoms with Crippen LogP contribution in [0.25, 0.3) is 0 Å². The van der Waals surface area contributed by atoms with Crippen LogP contribution in [-0.2, 0) is 0 Å². The van der Waals surface area contributed by atoms with Crippen LogP contribution in [0.1, 0.15) is 26.7 Å². The Morgan fingerprint density at radius 2 is 2.17 bits per heavy atom. The highest BCUT2D eigenvalue weighted by Gasteiger charge is 2.15. The topological polar surface area (TPSA) is 32.3 Å². The van der Waals surface area contributed by atoms with Gasteiger partial charge in [-0.2, -0.15) is 0 Å². The van der Waals surface area contributed by atoms with Gasteiger partial charge < -0.3 is 10.4 Å². The van der Waals surface area contributed by atoms with E-state index in [2.05, 4.69) is 25.1 Å². The fourth-order valence-corrected chi connectivity index (χ4v) is 0.978. The molecule has 0 aliphatic heterocycles. The van der Waals surface area contributed by atoms with Crippen LogP contribution >= 0.6 is 0 Å². The first-order chi connectivity index (χ1) is 5.62. The van der Waals surface area contributed by atoms with E-state index in [-0.39, 0.29) is 12.0 Å². The molecule has 0 fully saturated rings. The Kier molecular flexibility index (Phi) is 5.79. The van der Waals surface area contributed by atoms with Crippen molar-refractivity contribution in [2.24, 2.45) is 5.41 Å². The second kappa shape index (κ2) is 6.05. The van der Waals surface area contributed by atoms with E-state index < -0.39 is 0 Å². The molecule has 0 aliphatic carbocycles. The molecule has 2 nitrogen and oxygen atoms in total. The molecule has 0 radical (unpaired) electrons. The zero-order valence-electron chi connectivity index (χ0n) is 8.06. The molecular formula is C10H19NO. The third-order valence-corrected chi connectivity index (χ3v) is 1.84. The molecule has 0 aliphatic rings. The maximum Gasteiger partial charge on any atom is 0.0436 e. The minimum Gasteiger partial charge on any atom is -0.396 e. The first-order valence-corrected chi connectivity index (χ1v) is 4.37. The van der Waals surface area contributed by atoms with Crippen molar-refractivity contribution in [2.45, 2.75) is 26.7 Å². The van der Waals surface area contributed by atoms with Crippen LogP contribution < -0.4 is 5.32 Å². The molecule has 0 saturated heterocycles. The van der Waals surface area contributed by atoms with Gasteiger partial charge in [-0.1, -0.05) is 13.8 Å². The molecule has 0 saturated carbocycles. The standard InChI is InChI=1S/C10H19NO/c1-4-5-7-11-9-10(2,3)6-8-12/h1,11-12H,5-9H2,2-3H3. The maximum absolute atomic E-state index is 8.74. The monoisotopic (exact) mass is 169 g/mol. The summed E-state index contributed by atoms with van der Waals surface area (Å²) in [5.74, 6) is 2.57. The van der Waals surface area contributed by atoms with Gasteiger partial charge in [0.15, 0.2) is 0 Å². The van der Waals surface area contributed by atoms with E-state index in [4.69, 9.17) is 11.5 Å². The lowest BCUT2D eigenvalue weighted by molar-refractivity contribution is 0.208. The molecule has 0 spiro atoms. The second-order valence-corrected chi connectivity index (χ2v) is 3.77. The van der Waals surface area contributed by atoms with Crippen molar-refractivity contribution in [3.05, 3.63) is 0 Å². The van der Waals surface area contributed by atoms with E-state index in [1.807, 2.05) is 0 Å². The summed E-state index contributed by atoms with van der Waals surface area (Å²) in [6.45, 7) is 6.29. The fourth-order valence-electron chi connectivity index (χ4n) is 0.978. The zero-order valence-corrected chi connectivity index (χ0v) is 8.06. The van der Waals surface area contributed by atoms with Crippen molar-refractivity contribution in [1.29, 1.82) is 0 Å². The van der Waals surface area contributed by atoms with Crippen molar-refractivity contribution in [3.63, 3.8) is 0 Å². The Hall–Kier alpha value is -0.520. The molecular weight excluding hydrogens is 150 g/mol. The molecule has 0 amide bonds. The normalized spacial score (nSPS) is 11.2. The van der Waals surface area contributed by atoms with Crippen LogP contribution in [0, 0.1) is 17.8 Å². The Bertz CT molecular complexity index is 146. The van der Waals surface area contributed by atoms with Crippen molar-refractivity contribution in [3.8, 4) is 12.3 Å². The highest BCUT2D eigenvalue weighted by molar-refractivity contribution is 4.84. The molecule has 70 valence electrons. The summed E-state index contributed by atoms with van der Waals surface area (Å²) >= 11 is 0. The predicted octanol–water partition coefficient (Wildman–Crippen LogP) is 1.01. The lowest BCUT2D eigenvalue weighted by Crippen LogP contribution is -2.30. The Labute approximate surface area is 75.4 Å². The van der Waals surface area contributed by atoms with Gasteiger partial charge in [0.2, 0.25) is 0 Å². The molecule has 0 aromatic carbocycles. The van der Waals surface area contributed by atoms with E-state index in [0.29, 0.717) is 0 Å². The quantitative estimate of drug-likeness (QED) is 0.459. The molecule has 2 N–H and O–H groups in total. The van der Waals surface area contributed by atoms with Crippen molar-refractivity contribution < 1.29 is 5.11 Å². The van der Waals surface area contributed by atoms with Gasteiger partial charge in [0.1, 0.15) is 0 Å². The molecule has 2 heteroatoms. The third kappa shape index (κ3) is 6.21. The molecule has 0 bridgehead atoms. The molecule has 12 heavy (non-hydrogen) atoms. The van der Waals surface area contributed by atoms with E-state index in [0.717, 1.165) is 25.9 Å². The van der Waals surface area contributed by atoms with Gasteiger partial charge >= 0.3 is 0 Å². The number of hydrogen-bond donors (Lipinski definition) is 2. The predicted molar refractivity (Wildman–Crippen MR) is 51.8 cm³/mol. The summed E-state index contributed by atoms with van der Waals surface area (Å²) in [6, 6.07) is 0. The summed E-state index contributed by atoms with van der Waals surface area (Å²) in [7, 11) is 0. The molecule has 0 heterocycles. The minimum atomic E-state index is 0.170. The average Bonchev–Trinajstić information content (AvgIpc) is 1.98. The first-order valence-electron chi connectivity index (χ1n) is 4.37. The number of aliphatic hydroxyl groups is 1. The minimum absolute atomic E-state index is 0.170. The Morgan fingerprint density at radius 1 is 1.50 bits per heavy atom. The lowest BCUT2D eigenvalue weighted by Gasteiger charge is -2.23. The summed E-state index contributed by atoms with van der Waals surface area (Å²) in [4.78, 5) is 0. The van der Waals surface area contributed by atoms with Crippen LogP contribution in [0.4, 0.5) is 0 Å². The number of rotatable bonds is 6. The third-order valence-electron chi connectivity index (χ3n) is 1.84. The van der Waals surface area contributed by atoms with Crippen molar-refractivity contribution in [2.75, 3.05) is 19.7 Å². The van der Waals surface area contributed by atoms with Gasteiger partial charge in [-0.25, -0.2) is 0 Å².